The summed E-state index contributed by atoms with van der Waals surface area (Å²) in [7, 11) is 0. The van der Waals surface area contributed by atoms with E-state index in [0.29, 0.717) is 17.5 Å². The van der Waals surface area contributed by atoms with Crippen LogP contribution in [0.2, 0.25) is 0 Å². The van der Waals surface area contributed by atoms with Gasteiger partial charge in [0.1, 0.15) is 0 Å². The summed E-state index contributed by atoms with van der Waals surface area (Å²) >= 11 is 1.84. The summed E-state index contributed by atoms with van der Waals surface area (Å²) in [5.41, 5.74) is 12.0. The highest BCUT2D eigenvalue weighted by Crippen LogP contribution is 2.43. The van der Waals surface area contributed by atoms with Gasteiger partial charge < -0.3 is 4.57 Å². The molecule has 0 aliphatic carbocycles. The number of para-hydroxylation sites is 1. The second-order valence-electron chi connectivity index (χ2n) is 14.4. The van der Waals surface area contributed by atoms with Gasteiger partial charge in [-0.15, -0.1) is 11.3 Å². The van der Waals surface area contributed by atoms with Crippen molar-refractivity contribution in [1.29, 1.82) is 0 Å². The molecular weight excluding hydrogens is 713 g/mol. The summed E-state index contributed by atoms with van der Waals surface area (Å²) in [5, 5.41) is 4.92. The van der Waals surface area contributed by atoms with Crippen LogP contribution >= 0.6 is 11.3 Å². The molecular formula is C52H34N4S. The molecule has 57 heavy (non-hydrogen) atoms. The number of rotatable bonds is 6. The Labute approximate surface area is 334 Å². The van der Waals surface area contributed by atoms with E-state index in [4.69, 9.17) is 15.0 Å². The minimum atomic E-state index is 0.614. The molecule has 0 saturated heterocycles. The summed E-state index contributed by atoms with van der Waals surface area (Å²) in [4.78, 5) is 15.7. The van der Waals surface area contributed by atoms with Crippen molar-refractivity contribution in [2.24, 2.45) is 0 Å². The number of benzene rings is 8. The number of aryl methyl sites for hydroxylation is 1. The fraction of sp³-hybridized carbons (Fsp3) is 0.0192. The van der Waals surface area contributed by atoms with Crippen LogP contribution < -0.4 is 0 Å². The average molecular weight is 747 g/mol. The van der Waals surface area contributed by atoms with Crippen LogP contribution in [0.25, 0.3) is 104 Å². The molecule has 0 fully saturated rings. The van der Waals surface area contributed by atoms with Crippen LogP contribution in [0.3, 0.4) is 0 Å². The van der Waals surface area contributed by atoms with Crippen molar-refractivity contribution in [3.8, 4) is 62.1 Å². The van der Waals surface area contributed by atoms with Gasteiger partial charge in [-0.1, -0.05) is 152 Å². The number of thiophene rings is 1. The van der Waals surface area contributed by atoms with Crippen LogP contribution in [0, 0.1) is 6.92 Å². The molecule has 0 N–H and O–H groups in total. The SMILES string of the molecule is Cc1ccccc1-c1ccc2c3ccccc3n(-c3ccc(-c4cccc5sc6ccccc6c45)cc3-c3nc(-c4ccccc4)nc(-c4ccccc4)n3)c2c1. The van der Waals surface area contributed by atoms with E-state index in [0.717, 1.165) is 39.0 Å². The number of hydrogen-bond donors (Lipinski definition) is 0. The van der Waals surface area contributed by atoms with Gasteiger partial charge in [0, 0.05) is 47.6 Å². The second kappa shape index (κ2) is 13.5. The van der Waals surface area contributed by atoms with Crippen LogP contribution in [0.1, 0.15) is 5.56 Å². The van der Waals surface area contributed by atoms with Crippen LogP contribution in [0.4, 0.5) is 0 Å². The molecule has 5 heteroatoms. The van der Waals surface area contributed by atoms with Gasteiger partial charge in [0.05, 0.1) is 16.7 Å². The zero-order valence-electron chi connectivity index (χ0n) is 31.1. The molecule has 0 atom stereocenters. The molecule has 8 aromatic carbocycles. The number of hydrogen-bond acceptors (Lipinski definition) is 4. The quantitative estimate of drug-likeness (QED) is 0.170. The van der Waals surface area contributed by atoms with Crippen molar-refractivity contribution in [3.63, 3.8) is 0 Å². The van der Waals surface area contributed by atoms with E-state index in [1.165, 1.54) is 53.2 Å². The average Bonchev–Trinajstić information content (AvgIpc) is 3.82. The third-order valence-corrected chi connectivity index (χ3v) is 12.2. The molecule has 0 unspecified atom stereocenters. The largest absolute Gasteiger partial charge is 0.308 e. The molecule has 268 valence electrons. The molecule has 3 heterocycles. The molecule has 11 aromatic rings. The number of aromatic nitrogens is 4. The molecule has 11 rings (SSSR count). The van der Waals surface area contributed by atoms with Crippen molar-refractivity contribution >= 4 is 53.3 Å². The molecule has 0 aliphatic rings. The van der Waals surface area contributed by atoms with E-state index in [1.807, 2.05) is 47.7 Å². The summed E-state index contributed by atoms with van der Waals surface area (Å²) in [5.74, 6) is 1.87. The highest BCUT2D eigenvalue weighted by Gasteiger charge is 2.22. The first kappa shape index (κ1) is 33.2. The van der Waals surface area contributed by atoms with E-state index < -0.39 is 0 Å². The van der Waals surface area contributed by atoms with E-state index in [2.05, 4.69) is 163 Å². The van der Waals surface area contributed by atoms with Gasteiger partial charge in [0.2, 0.25) is 0 Å². The Balaban J connectivity index is 1.24. The van der Waals surface area contributed by atoms with Gasteiger partial charge in [-0.2, -0.15) is 0 Å². The first-order valence-electron chi connectivity index (χ1n) is 19.2. The maximum atomic E-state index is 5.31. The summed E-state index contributed by atoms with van der Waals surface area (Å²) in [6.45, 7) is 2.18. The van der Waals surface area contributed by atoms with Gasteiger partial charge in [0.15, 0.2) is 17.5 Å². The Morgan fingerprint density at radius 3 is 1.74 bits per heavy atom. The van der Waals surface area contributed by atoms with Gasteiger partial charge in [-0.05, 0) is 71.1 Å². The van der Waals surface area contributed by atoms with Crippen molar-refractivity contribution in [2.75, 3.05) is 0 Å². The first-order valence-corrected chi connectivity index (χ1v) is 20.0. The van der Waals surface area contributed by atoms with E-state index in [9.17, 15) is 0 Å². The maximum Gasteiger partial charge on any atom is 0.166 e. The smallest absolute Gasteiger partial charge is 0.166 e. The van der Waals surface area contributed by atoms with Crippen LogP contribution in [-0.4, -0.2) is 19.5 Å². The predicted molar refractivity (Wildman–Crippen MR) is 239 cm³/mol. The monoisotopic (exact) mass is 746 g/mol. The second-order valence-corrected chi connectivity index (χ2v) is 15.5. The Morgan fingerprint density at radius 2 is 0.965 bits per heavy atom. The molecule has 0 bridgehead atoms. The molecule has 0 saturated carbocycles. The van der Waals surface area contributed by atoms with E-state index >= 15 is 0 Å². The molecule has 0 aliphatic heterocycles. The van der Waals surface area contributed by atoms with Gasteiger partial charge in [-0.25, -0.2) is 15.0 Å². The lowest BCUT2D eigenvalue weighted by molar-refractivity contribution is 1.06. The summed E-state index contributed by atoms with van der Waals surface area (Å²) in [6, 6.07) is 66.8. The van der Waals surface area contributed by atoms with Crippen molar-refractivity contribution < 1.29 is 0 Å². The lowest BCUT2D eigenvalue weighted by Gasteiger charge is -2.17. The Hall–Kier alpha value is -7.21. The Kier molecular flexibility index (Phi) is 7.86. The van der Waals surface area contributed by atoms with Gasteiger partial charge in [-0.3, -0.25) is 0 Å². The van der Waals surface area contributed by atoms with Crippen LogP contribution in [0.5, 0.6) is 0 Å². The molecule has 0 spiro atoms. The van der Waals surface area contributed by atoms with Crippen molar-refractivity contribution in [3.05, 3.63) is 194 Å². The molecule has 0 radical (unpaired) electrons. The third kappa shape index (κ3) is 5.63. The standard InChI is InChI=1S/C52H34N4S/c1-33-15-8-9-20-38(33)37-27-29-41-40-21-10-12-24-44(40)56(46(41)32-37)45-30-28-36(39-23-14-26-48-49(39)42-22-11-13-25-47(42)57-48)31-43(45)52-54-50(34-16-4-2-5-17-34)53-51(55-52)35-18-6-3-7-19-35/h2-32H,1H3. The number of fused-ring (bicyclic) bond motifs is 6. The highest BCUT2D eigenvalue weighted by molar-refractivity contribution is 7.25. The Bertz CT molecular complexity index is 3250. The zero-order valence-corrected chi connectivity index (χ0v) is 31.9. The molecule has 3 aromatic heterocycles. The van der Waals surface area contributed by atoms with E-state index in [-0.39, 0.29) is 0 Å². The fourth-order valence-electron chi connectivity index (χ4n) is 8.32. The fourth-order valence-corrected chi connectivity index (χ4v) is 9.45. The first-order chi connectivity index (χ1) is 28.2. The molecule has 0 amide bonds. The van der Waals surface area contributed by atoms with Crippen molar-refractivity contribution in [2.45, 2.75) is 6.92 Å². The summed E-state index contributed by atoms with van der Waals surface area (Å²) < 4.78 is 4.95. The Morgan fingerprint density at radius 1 is 0.386 bits per heavy atom. The predicted octanol–water partition coefficient (Wildman–Crippen LogP) is 14.0. The zero-order chi connectivity index (χ0) is 37.9. The van der Waals surface area contributed by atoms with Crippen LogP contribution in [0.15, 0.2) is 188 Å². The topological polar surface area (TPSA) is 43.6 Å². The highest BCUT2D eigenvalue weighted by atomic mass is 32.1. The minimum absolute atomic E-state index is 0.614. The lowest BCUT2D eigenvalue weighted by Crippen LogP contribution is -2.04. The van der Waals surface area contributed by atoms with Gasteiger partial charge >= 0.3 is 0 Å². The lowest BCUT2D eigenvalue weighted by atomic mass is 9.96. The maximum absolute atomic E-state index is 5.31. The summed E-state index contributed by atoms with van der Waals surface area (Å²) in [6.07, 6.45) is 0. The van der Waals surface area contributed by atoms with Crippen molar-refractivity contribution in [1.82, 2.24) is 19.5 Å². The number of nitrogens with zero attached hydrogens (tertiary/aromatic N) is 4. The normalized spacial score (nSPS) is 11.6. The van der Waals surface area contributed by atoms with E-state index in [1.54, 1.807) is 0 Å². The van der Waals surface area contributed by atoms with Crippen LogP contribution in [-0.2, 0) is 0 Å². The molecule has 4 nitrogen and oxygen atoms in total. The third-order valence-electron chi connectivity index (χ3n) is 11.0. The minimum Gasteiger partial charge on any atom is -0.308 e. The van der Waals surface area contributed by atoms with Gasteiger partial charge in [0.25, 0.3) is 0 Å².